The van der Waals surface area contributed by atoms with Gasteiger partial charge < -0.3 is 10.3 Å². The van der Waals surface area contributed by atoms with E-state index < -0.39 is 10.0 Å². The lowest BCUT2D eigenvalue weighted by Gasteiger charge is -2.26. The van der Waals surface area contributed by atoms with Crippen LogP contribution < -0.4 is 10.5 Å². The van der Waals surface area contributed by atoms with Crippen LogP contribution in [0.25, 0.3) is 10.9 Å². The van der Waals surface area contributed by atoms with Crippen LogP contribution in [0.2, 0.25) is 0 Å². The summed E-state index contributed by atoms with van der Waals surface area (Å²) < 4.78 is 30.6. The van der Waals surface area contributed by atoms with Crippen molar-refractivity contribution < 1.29 is 8.42 Å². The minimum absolute atomic E-state index is 0. The van der Waals surface area contributed by atoms with Crippen molar-refractivity contribution in [3.63, 3.8) is 0 Å². The molecular weight excluding hydrogens is 334 g/mol. The number of nitrogens with one attached hydrogen (secondary N) is 1. The molecule has 0 aliphatic heterocycles. The Morgan fingerprint density at radius 3 is 2.43 bits per heavy atom. The van der Waals surface area contributed by atoms with Crippen molar-refractivity contribution in [2.24, 2.45) is 12.8 Å². The van der Waals surface area contributed by atoms with Crippen LogP contribution in [0.5, 0.6) is 0 Å². The van der Waals surface area contributed by atoms with Crippen LogP contribution in [0.4, 0.5) is 0 Å². The molecule has 1 aromatic carbocycles. The maximum atomic E-state index is 12.9. The molecule has 1 saturated carbocycles. The van der Waals surface area contributed by atoms with E-state index >= 15 is 0 Å². The Morgan fingerprint density at radius 1 is 1.17 bits per heavy atom. The number of benzene rings is 1. The van der Waals surface area contributed by atoms with Gasteiger partial charge in [-0.1, -0.05) is 18.2 Å². The van der Waals surface area contributed by atoms with Crippen molar-refractivity contribution in [2.45, 2.75) is 49.6 Å². The number of aromatic nitrogens is 1. The van der Waals surface area contributed by atoms with Crippen molar-refractivity contribution in [2.75, 3.05) is 0 Å². The van der Waals surface area contributed by atoms with Crippen molar-refractivity contribution in [3.05, 3.63) is 30.0 Å². The second kappa shape index (κ2) is 6.81. The Morgan fingerprint density at radius 2 is 1.78 bits per heavy atom. The molecule has 0 spiro atoms. The third-order valence-corrected chi connectivity index (χ3v) is 6.40. The molecule has 5 nitrogen and oxygen atoms in total. The van der Waals surface area contributed by atoms with Gasteiger partial charge in [-0.05, 0) is 38.7 Å². The van der Waals surface area contributed by atoms with E-state index in [2.05, 4.69) is 4.72 Å². The van der Waals surface area contributed by atoms with Crippen molar-refractivity contribution >= 4 is 33.3 Å². The highest BCUT2D eigenvalue weighted by atomic mass is 35.5. The lowest BCUT2D eigenvalue weighted by atomic mass is 9.93. The first-order chi connectivity index (χ1) is 10.4. The average molecular weight is 358 g/mol. The predicted octanol–water partition coefficient (Wildman–Crippen LogP) is 2.46. The molecule has 1 aliphatic carbocycles. The minimum atomic E-state index is -3.53. The van der Waals surface area contributed by atoms with Crippen LogP contribution in [0.15, 0.2) is 29.2 Å². The van der Waals surface area contributed by atoms with Gasteiger partial charge in [0.25, 0.3) is 0 Å². The van der Waals surface area contributed by atoms with E-state index in [1.807, 2.05) is 42.8 Å². The van der Waals surface area contributed by atoms with E-state index in [-0.39, 0.29) is 24.5 Å². The summed E-state index contributed by atoms with van der Waals surface area (Å²) in [7, 11) is -1.63. The normalized spacial score (nSPS) is 22.0. The number of rotatable bonds is 3. The molecule has 0 atom stereocenters. The van der Waals surface area contributed by atoms with Crippen LogP contribution >= 0.6 is 12.4 Å². The highest BCUT2D eigenvalue weighted by Crippen LogP contribution is 2.29. The monoisotopic (exact) mass is 357 g/mol. The number of hydrogen-bond acceptors (Lipinski definition) is 3. The number of para-hydroxylation sites is 1. The minimum Gasteiger partial charge on any atom is -0.347 e. The molecular formula is C16H24ClN3O2S. The fourth-order valence-corrected chi connectivity index (χ4v) is 5.12. The van der Waals surface area contributed by atoms with Gasteiger partial charge >= 0.3 is 0 Å². The van der Waals surface area contributed by atoms with Crippen molar-refractivity contribution in [1.29, 1.82) is 0 Å². The molecule has 23 heavy (non-hydrogen) atoms. The highest BCUT2D eigenvalue weighted by Gasteiger charge is 2.28. The van der Waals surface area contributed by atoms with E-state index in [4.69, 9.17) is 5.73 Å². The number of sulfonamides is 1. The molecule has 7 heteroatoms. The molecule has 1 aliphatic rings. The van der Waals surface area contributed by atoms with Gasteiger partial charge in [-0.2, -0.15) is 0 Å². The molecule has 128 valence electrons. The fourth-order valence-electron chi connectivity index (χ4n) is 3.34. The molecule has 3 N–H and O–H groups in total. The van der Waals surface area contributed by atoms with E-state index in [9.17, 15) is 8.42 Å². The zero-order valence-electron chi connectivity index (χ0n) is 13.5. The standard InChI is InChI=1S/C16H23N3O2S.ClH/c1-11-16(14-5-3-4-6-15(14)19(11)2)22(20,21)18-13-9-7-12(17)8-10-13;/h3-6,12-13,18H,7-10,17H2,1-2H3;1H. The Bertz CT molecular complexity index is 793. The summed E-state index contributed by atoms with van der Waals surface area (Å²) in [5.41, 5.74) is 7.59. The average Bonchev–Trinajstić information content (AvgIpc) is 2.74. The Labute approximate surface area is 143 Å². The summed E-state index contributed by atoms with van der Waals surface area (Å²) in [4.78, 5) is 0.403. The fraction of sp³-hybridized carbons (Fsp3) is 0.500. The Hall–Kier alpha value is -1.08. The first-order valence-electron chi connectivity index (χ1n) is 7.72. The second-order valence-electron chi connectivity index (χ2n) is 6.22. The van der Waals surface area contributed by atoms with E-state index in [1.165, 1.54) is 0 Å². The number of aryl methyl sites for hydroxylation is 1. The van der Waals surface area contributed by atoms with Crippen LogP contribution in [0, 0.1) is 6.92 Å². The number of hydrogen-bond donors (Lipinski definition) is 2. The third kappa shape index (κ3) is 3.40. The molecule has 1 fully saturated rings. The van der Waals surface area contributed by atoms with E-state index in [0.29, 0.717) is 4.90 Å². The summed E-state index contributed by atoms with van der Waals surface area (Å²) in [6.45, 7) is 1.85. The van der Waals surface area contributed by atoms with Gasteiger partial charge in [0.15, 0.2) is 0 Å². The molecule has 0 unspecified atom stereocenters. The zero-order valence-corrected chi connectivity index (χ0v) is 15.1. The second-order valence-corrected chi connectivity index (χ2v) is 7.87. The van der Waals surface area contributed by atoms with Crippen LogP contribution in [-0.2, 0) is 17.1 Å². The summed E-state index contributed by atoms with van der Waals surface area (Å²) in [5, 5.41) is 0.780. The summed E-state index contributed by atoms with van der Waals surface area (Å²) in [5.74, 6) is 0. The van der Waals surface area contributed by atoms with Gasteiger partial charge in [0.05, 0.1) is 0 Å². The maximum absolute atomic E-state index is 12.9. The molecule has 0 bridgehead atoms. The Balaban J connectivity index is 0.00000192. The number of halogens is 1. The summed E-state index contributed by atoms with van der Waals surface area (Å²) in [6, 6.07) is 7.81. The Kier molecular flexibility index (Phi) is 5.41. The maximum Gasteiger partial charge on any atom is 0.243 e. The zero-order chi connectivity index (χ0) is 15.9. The van der Waals surface area contributed by atoms with Gasteiger partial charge in [0.1, 0.15) is 4.90 Å². The number of nitrogens with two attached hydrogens (primary N) is 1. The van der Waals surface area contributed by atoms with Gasteiger partial charge in [0, 0.05) is 35.7 Å². The SMILES string of the molecule is Cc1c(S(=O)(=O)NC2CCC(N)CC2)c2ccccc2n1C.Cl. The summed E-state index contributed by atoms with van der Waals surface area (Å²) >= 11 is 0. The van der Waals surface area contributed by atoms with E-state index in [1.54, 1.807) is 0 Å². The highest BCUT2D eigenvalue weighted by molar-refractivity contribution is 7.89. The van der Waals surface area contributed by atoms with Crippen molar-refractivity contribution in [1.82, 2.24) is 9.29 Å². The summed E-state index contributed by atoms with van der Waals surface area (Å²) in [6.07, 6.45) is 3.37. The van der Waals surface area contributed by atoms with Gasteiger partial charge in [-0.25, -0.2) is 13.1 Å². The quantitative estimate of drug-likeness (QED) is 0.885. The molecule has 0 saturated heterocycles. The number of fused-ring (bicyclic) bond motifs is 1. The van der Waals surface area contributed by atoms with Gasteiger partial charge in [0.2, 0.25) is 10.0 Å². The molecule has 3 rings (SSSR count). The third-order valence-electron chi connectivity index (χ3n) is 4.70. The topological polar surface area (TPSA) is 77.1 Å². The first kappa shape index (κ1) is 18.3. The largest absolute Gasteiger partial charge is 0.347 e. The smallest absolute Gasteiger partial charge is 0.243 e. The van der Waals surface area contributed by atoms with Gasteiger partial charge in [-0.15, -0.1) is 12.4 Å². The van der Waals surface area contributed by atoms with Gasteiger partial charge in [-0.3, -0.25) is 0 Å². The lowest BCUT2D eigenvalue weighted by molar-refractivity contribution is 0.373. The first-order valence-corrected chi connectivity index (χ1v) is 9.20. The predicted molar refractivity (Wildman–Crippen MR) is 95.5 cm³/mol. The lowest BCUT2D eigenvalue weighted by Crippen LogP contribution is -2.40. The molecule has 0 radical (unpaired) electrons. The van der Waals surface area contributed by atoms with E-state index in [0.717, 1.165) is 42.3 Å². The van der Waals surface area contributed by atoms with Crippen LogP contribution in [0.1, 0.15) is 31.4 Å². The molecule has 0 amide bonds. The van der Waals surface area contributed by atoms with Crippen molar-refractivity contribution in [3.8, 4) is 0 Å². The molecule has 1 heterocycles. The van der Waals surface area contributed by atoms with Crippen LogP contribution in [-0.4, -0.2) is 25.1 Å². The molecule has 2 aromatic rings. The molecule has 1 aromatic heterocycles. The number of nitrogens with zero attached hydrogens (tertiary/aromatic N) is 1. The van der Waals surface area contributed by atoms with Crippen LogP contribution in [0.3, 0.4) is 0 Å².